The third kappa shape index (κ3) is 7.09. The van der Waals surface area contributed by atoms with Gasteiger partial charge in [-0.2, -0.15) is 4.57 Å². The normalized spacial score (nSPS) is 19.0. The zero-order valence-corrected chi connectivity index (χ0v) is 24.0. The number of hydrogen-bond acceptors (Lipinski definition) is 8. The van der Waals surface area contributed by atoms with Crippen LogP contribution in [0.1, 0.15) is 6.42 Å². The number of carbonyl (C=O) groups excluding carboxylic acids is 3. The molecule has 3 atom stereocenters. The van der Waals surface area contributed by atoms with E-state index >= 15 is 0 Å². The molecule has 6 N–H and O–H groups in total. The monoisotopic (exact) mass is 626 g/mol. The summed E-state index contributed by atoms with van der Waals surface area (Å²) in [6, 6.07) is 7.41. The molecule has 1 aromatic heterocycles. The number of nitrogens with one attached hydrogen (secondary N) is 2. The summed E-state index contributed by atoms with van der Waals surface area (Å²) in [6.07, 6.45) is 2.23. The van der Waals surface area contributed by atoms with Crippen molar-refractivity contribution in [2.75, 3.05) is 23.4 Å². The highest BCUT2D eigenvalue weighted by Gasteiger charge is 2.54. The van der Waals surface area contributed by atoms with Crippen LogP contribution in [-0.4, -0.2) is 74.4 Å². The van der Waals surface area contributed by atoms with Gasteiger partial charge in [0, 0.05) is 33.9 Å². The van der Waals surface area contributed by atoms with Crippen molar-refractivity contribution in [3.05, 3.63) is 64.0 Å². The molecular weight excluding hydrogens is 601 g/mol. The number of aromatic nitrogens is 1. The van der Waals surface area contributed by atoms with Crippen LogP contribution in [0.3, 0.4) is 0 Å². The molecule has 15 heteroatoms. The molecule has 3 heterocycles. The van der Waals surface area contributed by atoms with Gasteiger partial charge in [-0.1, -0.05) is 23.2 Å². The molecule has 0 radical (unpaired) electrons. The number of nitrogens with two attached hydrogens (primary N) is 1. The molecular formula is C25H26Cl2N5O6S2+. The lowest BCUT2D eigenvalue weighted by molar-refractivity contribution is -0.688. The number of amides is 3. The Bertz CT molecular complexity index is 1380. The summed E-state index contributed by atoms with van der Waals surface area (Å²) in [6.45, 7) is 0.123. The van der Waals surface area contributed by atoms with Crippen molar-refractivity contribution < 1.29 is 34.0 Å². The van der Waals surface area contributed by atoms with Gasteiger partial charge in [-0.05, 0) is 24.3 Å². The van der Waals surface area contributed by atoms with Gasteiger partial charge < -0.3 is 26.6 Å². The smallest absolute Gasteiger partial charge is 0.352 e. The topological polar surface area (TPSA) is 166 Å². The van der Waals surface area contributed by atoms with E-state index in [-0.39, 0.29) is 36.9 Å². The van der Waals surface area contributed by atoms with Crippen LogP contribution < -0.4 is 20.9 Å². The number of fused-ring (bicyclic) bond motifs is 1. The van der Waals surface area contributed by atoms with Crippen LogP contribution in [0.15, 0.2) is 58.9 Å². The molecule has 3 amide bonds. The minimum Gasteiger partial charge on any atom is -0.477 e. The lowest BCUT2D eigenvalue weighted by Gasteiger charge is -2.49. The number of hydrogen-bond donors (Lipinski definition) is 5. The van der Waals surface area contributed by atoms with E-state index in [1.165, 1.54) is 28.4 Å². The van der Waals surface area contributed by atoms with Crippen molar-refractivity contribution in [3.63, 3.8) is 0 Å². The molecule has 1 fully saturated rings. The van der Waals surface area contributed by atoms with Gasteiger partial charge in [-0.3, -0.25) is 19.3 Å². The molecule has 40 heavy (non-hydrogen) atoms. The highest BCUT2D eigenvalue weighted by Crippen LogP contribution is 2.40. The maximum Gasteiger partial charge on any atom is 0.352 e. The van der Waals surface area contributed by atoms with Crippen LogP contribution >= 0.6 is 46.7 Å². The first-order valence-corrected chi connectivity index (χ1v) is 14.8. The largest absolute Gasteiger partial charge is 0.477 e. The summed E-state index contributed by atoms with van der Waals surface area (Å²) in [7, 11) is 0. The number of carboxylic acid groups (broad SMARTS) is 1. The summed E-state index contributed by atoms with van der Waals surface area (Å²) >= 11 is 14.7. The Kier molecular flexibility index (Phi) is 9.98. The second-order valence-electron chi connectivity index (χ2n) is 8.98. The SMILES string of the molecule is NCC(O)CC(=O)Nc1ccc[n+](CC2=C(C(=O)O)N3C(=O)[C@H](NC(=O)CSc4cc(Cl)ccc4Cl)[C@H]3SC2)c1. The maximum atomic E-state index is 13.0. The van der Waals surface area contributed by atoms with Gasteiger partial charge in [0.05, 0.1) is 23.3 Å². The summed E-state index contributed by atoms with van der Waals surface area (Å²) in [4.78, 5) is 51.7. The minimum atomic E-state index is -1.24. The number of benzene rings is 1. The Morgan fingerprint density at radius 3 is 2.75 bits per heavy atom. The number of aliphatic hydroxyl groups is 1. The predicted octanol–water partition coefficient (Wildman–Crippen LogP) is 1.46. The van der Waals surface area contributed by atoms with E-state index in [9.17, 15) is 29.4 Å². The van der Waals surface area contributed by atoms with Crippen LogP contribution in [0.25, 0.3) is 0 Å². The number of nitrogens with zero attached hydrogens (tertiary/aromatic N) is 2. The highest BCUT2D eigenvalue weighted by molar-refractivity contribution is 8.00. The fraction of sp³-hybridized carbons (Fsp3) is 0.320. The fourth-order valence-electron chi connectivity index (χ4n) is 4.18. The van der Waals surface area contributed by atoms with Gasteiger partial charge in [0.2, 0.25) is 11.8 Å². The first kappa shape index (κ1) is 30.2. The Balaban J connectivity index is 1.40. The number of anilines is 1. The molecule has 2 aliphatic heterocycles. The van der Waals surface area contributed by atoms with Gasteiger partial charge in [-0.25, -0.2) is 4.79 Å². The number of thioether (sulfide) groups is 2. The second-order valence-corrected chi connectivity index (χ2v) is 11.9. The first-order valence-electron chi connectivity index (χ1n) is 12.0. The highest BCUT2D eigenvalue weighted by atomic mass is 35.5. The molecule has 0 aliphatic carbocycles. The van der Waals surface area contributed by atoms with Gasteiger partial charge in [-0.15, -0.1) is 23.5 Å². The van der Waals surface area contributed by atoms with E-state index in [1.54, 1.807) is 47.3 Å². The Morgan fingerprint density at radius 1 is 1.25 bits per heavy atom. The number of carboxylic acids is 1. The molecule has 1 aromatic carbocycles. The second kappa shape index (κ2) is 13.2. The fourth-order valence-corrected chi connectivity index (χ4v) is 6.81. The number of pyridine rings is 1. The van der Waals surface area contributed by atoms with Crippen LogP contribution in [0.2, 0.25) is 10.0 Å². The van der Waals surface area contributed by atoms with Crippen LogP contribution in [0.5, 0.6) is 0 Å². The van der Waals surface area contributed by atoms with Crippen molar-refractivity contribution in [2.24, 2.45) is 5.73 Å². The van der Waals surface area contributed by atoms with Crippen molar-refractivity contribution >= 4 is 76.1 Å². The number of β-lactam (4-membered cyclic amide) rings is 1. The van der Waals surface area contributed by atoms with E-state index in [2.05, 4.69) is 10.6 Å². The third-order valence-electron chi connectivity index (χ3n) is 6.03. The number of carbonyl (C=O) groups is 4. The predicted molar refractivity (Wildman–Crippen MR) is 152 cm³/mol. The lowest BCUT2D eigenvalue weighted by atomic mass is 10.0. The third-order valence-corrected chi connectivity index (χ3v) is 9.10. The van der Waals surface area contributed by atoms with Crippen molar-refractivity contribution in [3.8, 4) is 0 Å². The van der Waals surface area contributed by atoms with Crippen LogP contribution in [-0.2, 0) is 25.7 Å². The zero-order valence-electron chi connectivity index (χ0n) is 20.9. The molecule has 1 saturated heterocycles. The van der Waals surface area contributed by atoms with Crippen molar-refractivity contribution in [2.45, 2.75) is 35.4 Å². The summed E-state index contributed by atoms with van der Waals surface area (Å²) in [5, 5.41) is 25.3. The first-order chi connectivity index (χ1) is 19.1. The van der Waals surface area contributed by atoms with Gasteiger partial charge >= 0.3 is 5.97 Å². The Morgan fingerprint density at radius 2 is 2.02 bits per heavy atom. The van der Waals surface area contributed by atoms with Gasteiger partial charge in [0.15, 0.2) is 18.9 Å². The Labute approximate surface area is 248 Å². The lowest BCUT2D eigenvalue weighted by Crippen LogP contribution is -2.70. The molecule has 2 aliphatic rings. The van der Waals surface area contributed by atoms with Crippen molar-refractivity contribution in [1.29, 1.82) is 0 Å². The number of rotatable bonds is 11. The number of aliphatic hydroxyl groups excluding tert-OH is 1. The molecule has 11 nitrogen and oxygen atoms in total. The molecule has 0 spiro atoms. The summed E-state index contributed by atoms with van der Waals surface area (Å²) < 4.78 is 1.69. The van der Waals surface area contributed by atoms with E-state index in [4.69, 9.17) is 28.9 Å². The number of aliphatic carboxylic acids is 1. The Hall–Kier alpha value is -2.81. The maximum absolute atomic E-state index is 13.0. The van der Waals surface area contributed by atoms with Crippen molar-refractivity contribution in [1.82, 2.24) is 10.2 Å². The van der Waals surface area contributed by atoms with E-state index < -0.39 is 35.3 Å². The van der Waals surface area contributed by atoms with Crippen LogP contribution in [0.4, 0.5) is 5.69 Å². The van der Waals surface area contributed by atoms with E-state index in [0.29, 0.717) is 32.0 Å². The van der Waals surface area contributed by atoms with E-state index in [0.717, 1.165) is 0 Å². The molecule has 1 unspecified atom stereocenters. The summed E-state index contributed by atoms with van der Waals surface area (Å²) in [5.41, 5.74) is 6.19. The average molecular weight is 628 g/mol. The standard InChI is InChI=1S/C25H25Cl2N5O6S2/c26-14-3-4-17(27)18(6-14)39-12-20(35)30-21-23(36)32-22(25(37)38)13(11-40-24(21)32)9-31-5-1-2-15(10-31)29-19(34)7-16(33)8-28/h1-6,10,16,21,24,33H,7-9,11-12,28H2,(H2-,29,30,34,35,37,38)/p+1/t16?,21-,24+/m0/s1. The van der Waals surface area contributed by atoms with Gasteiger partial charge in [0.25, 0.3) is 5.91 Å². The molecule has 2 aromatic rings. The molecule has 0 bridgehead atoms. The zero-order chi connectivity index (χ0) is 29.0. The molecule has 4 rings (SSSR count). The molecule has 0 saturated carbocycles. The van der Waals surface area contributed by atoms with Crippen LogP contribution in [0, 0.1) is 0 Å². The van der Waals surface area contributed by atoms with Gasteiger partial charge in [0.1, 0.15) is 22.8 Å². The number of halogens is 2. The summed E-state index contributed by atoms with van der Waals surface area (Å²) in [5.74, 6) is -2.23. The quantitative estimate of drug-likeness (QED) is 0.141. The minimum absolute atomic E-state index is 0.00279. The average Bonchev–Trinajstić information content (AvgIpc) is 2.91. The molecule has 212 valence electrons. The van der Waals surface area contributed by atoms with E-state index in [1.807, 2.05) is 0 Å².